The summed E-state index contributed by atoms with van der Waals surface area (Å²) in [6.45, 7) is 0.256. The molecule has 0 N–H and O–H groups in total. The summed E-state index contributed by atoms with van der Waals surface area (Å²) >= 11 is 0. The summed E-state index contributed by atoms with van der Waals surface area (Å²) in [5.74, 6) is 0.865. The Bertz CT molecular complexity index is 760. The van der Waals surface area contributed by atoms with E-state index in [1.807, 2.05) is 12.1 Å². The van der Waals surface area contributed by atoms with Crippen molar-refractivity contribution < 1.29 is 27.4 Å². The number of para-hydroxylation sites is 2. The molecule has 1 aromatic heterocycles. The second-order valence-electron chi connectivity index (χ2n) is 5.67. The number of halogens is 3. The van der Waals surface area contributed by atoms with Gasteiger partial charge in [-0.2, -0.15) is 18.3 Å². The molecule has 2 heterocycles. The minimum absolute atomic E-state index is 0.251. The molecule has 0 fully saturated rings. The molecule has 134 valence electrons. The molecule has 0 bridgehead atoms. The zero-order valence-corrected chi connectivity index (χ0v) is 13.4. The van der Waals surface area contributed by atoms with Crippen molar-refractivity contribution in [3.8, 4) is 11.5 Å². The molecule has 1 aliphatic heterocycles. The number of nitrogens with zero attached hydrogens (tertiary/aromatic N) is 3. The summed E-state index contributed by atoms with van der Waals surface area (Å²) in [4.78, 5) is 13.6. The first-order chi connectivity index (χ1) is 11.8. The molecule has 25 heavy (non-hydrogen) atoms. The first-order valence-corrected chi connectivity index (χ1v) is 7.56. The van der Waals surface area contributed by atoms with E-state index < -0.39 is 11.9 Å². The van der Waals surface area contributed by atoms with Crippen molar-refractivity contribution in [1.82, 2.24) is 14.7 Å². The summed E-state index contributed by atoms with van der Waals surface area (Å²) in [5.41, 5.74) is -1.02. The second-order valence-corrected chi connectivity index (χ2v) is 5.67. The van der Waals surface area contributed by atoms with Gasteiger partial charge in [0.25, 0.3) is 0 Å². The molecule has 1 aliphatic rings. The molecule has 0 spiro atoms. The maximum atomic E-state index is 12.5. The van der Waals surface area contributed by atoms with Gasteiger partial charge in [0.2, 0.25) is 5.91 Å². The highest BCUT2D eigenvalue weighted by atomic mass is 19.4. The molecule has 2 aromatic rings. The van der Waals surface area contributed by atoms with Crippen LogP contribution in [0.3, 0.4) is 0 Å². The third-order valence-electron chi connectivity index (χ3n) is 3.70. The average molecular weight is 355 g/mol. The van der Waals surface area contributed by atoms with Crippen LogP contribution in [0.15, 0.2) is 36.5 Å². The summed E-state index contributed by atoms with van der Waals surface area (Å²) in [6.07, 6.45) is -3.75. The van der Waals surface area contributed by atoms with E-state index in [4.69, 9.17) is 9.47 Å². The maximum absolute atomic E-state index is 12.5. The molecule has 3 rings (SSSR count). The summed E-state index contributed by atoms with van der Waals surface area (Å²) in [5, 5.41) is 3.37. The van der Waals surface area contributed by atoms with Crippen LogP contribution in [-0.2, 0) is 17.5 Å². The third-order valence-corrected chi connectivity index (χ3v) is 3.70. The maximum Gasteiger partial charge on any atom is 0.435 e. The van der Waals surface area contributed by atoms with Crippen molar-refractivity contribution in [3.63, 3.8) is 0 Å². The number of amides is 1. The highest BCUT2D eigenvalue weighted by molar-refractivity contribution is 5.75. The fourth-order valence-electron chi connectivity index (χ4n) is 2.42. The van der Waals surface area contributed by atoms with Crippen LogP contribution in [0.2, 0.25) is 0 Å². The number of ether oxygens (including phenoxy) is 2. The SMILES string of the molecule is CN(CC1COc2ccccc2O1)C(=O)Cn1ccc(C(F)(F)F)n1. The number of aromatic nitrogens is 2. The molecule has 1 atom stereocenters. The number of hydrogen-bond acceptors (Lipinski definition) is 4. The Morgan fingerprint density at radius 3 is 2.72 bits per heavy atom. The van der Waals surface area contributed by atoms with Crippen molar-refractivity contribution in [2.24, 2.45) is 0 Å². The fourth-order valence-corrected chi connectivity index (χ4v) is 2.42. The zero-order chi connectivity index (χ0) is 18.0. The average Bonchev–Trinajstić information content (AvgIpc) is 3.03. The number of carbonyl (C=O) groups is 1. The Morgan fingerprint density at radius 1 is 1.32 bits per heavy atom. The molecule has 0 radical (unpaired) electrons. The Hall–Kier alpha value is -2.71. The predicted octanol–water partition coefficient (Wildman–Crippen LogP) is 2.20. The molecule has 0 saturated heterocycles. The van der Waals surface area contributed by atoms with Crippen LogP contribution in [0.25, 0.3) is 0 Å². The van der Waals surface area contributed by atoms with Gasteiger partial charge in [-0.1, -0.05) is 12.1 Å². The lowest BCUT2D eigenvalue weighted by Crippen LogP contribution is -2.42. The molecule has 6 nitrogen and oxygen atoms in total. The van der Waals surface area contributed by atoms with E-state index >= 15 is 0 Å². The Balaban J connectivity index is 1.56. The summed E-state index contributed by atoms with van der Waals surface area (Å²) in [7, 11) is 1.56. The van der Waals surface area contributed by atoms with E-state index in [-0.39, 0.29) is 31.7 Å². The number of carbonyl (C=O) groups excluding carboxylic acids is 1. The Morgan fingerprint density at radius 2 is 2.04 bits per heavy atom. The second kappa shape index (κ2) is 6.66. The summed E-state index contributed by atoms with van der Waals surface area (Å²) < 4.78 is 49.9. The van der Waals surface area contributed by atoms with Crippen LogP contribution in [-0.4, -0.2) is 46.9 Å². The van der Waals surface area contributed by atoms with Gasteiger partial charge in [-0.3, -0.25) is 9.48 Å². The Labute approximate surface area is 141 Å². The van der Waals surface area contributed by atoms with Gasteiger partial charge in [0.15, 0.2) is 23.3 Å². The minimum atomic E-state index is -4.53. The highest BCUT2D eigenvalue weighted by Crippen LogP contribution is 2.31. The van der Waals surface area contributed by atoms with Gasteiger partial charge in [-0.15, -0.1) is 0 Å². The van der Waals surface area contributed by atoms with E-state index in [0.717, 1.165) is 16.9 Å². The third kappa shape index (κ3) is 4.04. The van der Waals surface area contributed by atoms with E-state index in [1.54, 1.807) is 19.2 Å². The van der Waals surface area contributed by atoms with Gasteiger partial charge in [0, 0.05) is 13.2 Å². The van der Waals surface area contributed by atoms with E-state index in [1.165, 1.54) is 4.90 Å². The minimum Gasteiger partial charge on any atom is -0.486 e. The van der Waals surface area contributed by atoms with Gasteiger partial charge in [-0.05, 0) is 18.2 Å². The van der Waals surface area contributed by atoms with Crippen LogP contribution in [0.1, 0.15) is 5.69 Å². The first kappa shape index (κ1) is 17.1. The molecular weight excluding hydrogens is 339 g/mol. The largest absolute Gasteiger partial charge is 0.486 e. The van der Waals surface area contributed by atoms with Crippen molar-refractivity contribution in [3.05, 3.63) is 42.2 Å². The number of rotatable bonds is 4. The fraction of sp³-hybridized carbons (Fsp3) is 0.375. The number of likely N-dealkylation sites (N-methyl/N-ethyl adjacent to an activating group) is 1. The first-order valence-electron chi connectivity index (χ1n) is 7.56. The van der Waals surface area contributed by atoms with Crippen LogP contribution >= 0.6 is 0 Å². The molecule has 0 saturated carbocycles. The lowest BCUT2D eigenvalue weighted by Gasteiger charge is -2.29. The normalized spacial score (nSPS) is 16.6. The van der Waals surface area contributed by atoms with Gasteiger partial charge in [0.1, 0.15) is 13.2 Å². The van der Waals surface area contributed by atoms with E-state index in [0.29, 0.717) is 11.5 Å². The van der Waals surface area contributed by atoms with Crippen molar-refractivity contribution in [1.29, 1.82) is 0 Å². The number of alkyl halides is 3. The lowest BCUT2D eigenvalue weighted by atomic mass is 10.2. The van der Waals surface area contributed by atoms with Crippen LogP contribution in [0.5, 0.6) is 11.5 Å². The van der Waals surface area contributed by atoms with Crippen molar-refractivity contribution in [2.75, 3.05) is 20.2 Å². The number of benzene rings is 1. The molecule has 1 unspecified atom stereocenters. The topological polar surface area (TPSA) is 56.6 Å². The smallest absolute Gasteiger partial charge is 0.435 e. The van der Waals surface area contributed by atoms with Gasteiger partial charge < -0.3 is 14.4 Å². The molecule has 9 heteroatoms. The van der Waals surface area contributed by atoms with Crippen LogP contribution < -0.4 is 9.47 Å². The van der Waals surface area contributed by atoms with Gasteiger partial charge in [-0.25, -0.2) is 0 Å². The summed E-state index contributed by atoms with van der Waals surface area (Å²) in [6, 6.07) is 8.04. The lowest BCUT2D eigenvalue weighted by molar-refractivity contribution is -0.142. The van der Waals surface area contributed by atoms with Crippen LogP contribution in [0.4, 0.5) is 13.2 Å². The van der Waals surface area contributed by atoms with Crippen LogP contribution in [0, 0.1) is 0 Å². The molecule has 0 aliphatic carbocycles. The highest BCUT2D eigenvalue weighted by Gasteiger charge is 2.33. The van der Waals surface area contributed by atoms with E-state index in [9.17, 15) is 18.0 Å². The quantitative estimate of drug-likeness (QED) is 0.844. The number of fused-ring (bicyclic) bond motifs is 1. The van der Waals surface area contributed by atoms with Gasteiger partial charge in [0.05, 0.1) is 6.54 Å². The monoisotopic (exact) mass is 355 g/mol. The Kier molecular flexibility index (Phi) is 4.56. The molecule has 1 amide bonds. The molecule has 1 aromatic carbocycles. The predicted molar refractivity (Wildman–Crippen MR) is 81.2 cm³/mol. The van der Waals surface area contributed by atoms with Crippen molar-refractivity contribution in [2.45, 2.75) is 18.8 Å². The van der Waals surface area contributed by atoms with E-state index in [2.05, 4.69) is 5.10 Å². The van der Waals surface area contributed by atoms with Crippen molar-refractivity contribution >= 4 is 5.91 Å². The molecular formula is C16H16F3N3O3. The zero-order valence-electron chi connectivity index (χ0n) is 13.4. The standard InChI is InChI=1S/C16H16F3N3O3/c1-21(8-11-10-24-12-4-2-3-5-13(12)25-11)15(23)9-22-7-6-14(20-22)16(17,18)19/h2-7,11H,8-10H2,1H3. The number of hydrogen-bond donors (Lipinski definition) is 0. The van der Waals surface area contributed by atoms with Gasteiger partial charge >= 0.3 is 6.18 Å².